The molecule has 2 aromatic rings. The van der Waals surface area contributed by atoms with Gasteiger partial charge in [-0.3, -0.25) is 4.79 Å². The number of hydrogen-bond donors (Lipinski definition) is 0. The number of hydrogen-bond acceptors (Lipinski definition) is 3. The molecular weight excluding hydrogens is 336 g/mol. The van der Waals surface area contributed by atoms with Gasteiger partial charge in [-0.15, -0.1) is 0 Å². The third-order valence-corrected chi connectivity index (χ3v) is 4.75. The number of halogens is 2. The molecule has 0 saturated carbocycles. The summed E-state index contributed by atoms with van der Waals surface area (Å²) < 4.78 is 26.0. The zero-order valence-electron chi connectivity index (χ0n) is 14.9. The van der Waals surface area contributed by atoms with E-state index in [0.717, 1.165) is 24.5 Å². The lowest BCUT2D eigenvalue weighted by atomic mass is 10.2. The number of piperazine rings is 1. The first-order chi connectivity index (χ1) is 12.5. The Labute approximate surface area is 152 Å². The van der Waals surface area contributed by atoms with Gasteiger partial charge in [-0.05, 0) is 48.5 Å². The molecule has 0 atom stereocenters. The van der Waals surface area contributed by atoms with Crippen LogP contribution in [0.15, 0.2) is 48.5 Å². The number of rotatable bonds is 5. The van der Waals surface area contributed by atoms with E-state index in [0.29, 0.717) is 26.1 Å². The number of benzene rings is 2. The van der Waals surface area contributed by atoms with Gasteiger partial charge in [-0.1, -0.05) is 0 Å². The molecule has 1 heterocycles. The van der Waals surface area contributed by atoms with Gasteiger partial charge in [0, 0.05) is 57.6 Å². The van der Waals surface area contributed by atoms with Gasteiger partial charge >= 0.3 is 0 Å². The Hall–Kier alpha value is -2.63. The predicted molar refractivity (Wildman–Crippen MR) is 99.5 cm³/mol. The first-order valence-corrected chi connectivity index (χ1v) is 8.78. The summed E-state index contributed by atoms with van der Waals surface area (Å²) >= 11 is 0. The monoisotopic (exact) mass is 359 g/mol. The number of nitrogens with zero attached hydrogens (tertiary/aromatic N) is 3. The summed E-state index contributed by atoms with van der Waals surface area (Å²) in [4.78, 5) is 18.4. The highest BCUT2D eigenvalue weighted by Gasteiger charge is 2.21. The molecule has 2 aromatic carbocycles. The van der Waals surface area contributed by atoms with Gasteiger partial charge in [0.2, 0.25) is 5.91 Å². The molecule has 0 bridgehead atoms. The lowest BCUT2D eigenvalue weighted by Gasteiger charge is -2.36. The van der Waals surface area contributed by atoms with Crippen LogP contribution < -0.4 is 9.80 Å². The van der Waals surface area contributed by atoms with Crippen LogP contribution in [0, 0.1) is 11.6 Å². The lowest BCUT2D eigenvalue weighted by Crippen LogP contribution is -2.49. The molecular formula is C20H23F2N3O. The topological polar surface area (TPSA) is 26.8 Å². The Morgan fingerprint density at radius 2 is 1.46 bits per heavy atom. The fraction of sp³-hybridized carbons (Fsp3) is 0.350. The maximum Gasteiger partial charge on any atom is 0.224 e. The second-order valence-corrected chi connectivity index (χ2v) is 6.49. The molecule has 26 heavy (non-hydrogen) atoms. The molecule has 1 saturated heterocycles. The smallest absolute Gasteiger partial charge is 0.224 e. The number of carbonyl (C=O) groups is 1. The SMILES string of the molecule is CN(CCC(=O)N1CCN(c2ccc(F)cc2)CC1)c1ccc(F)cc1. The zero-order chi connectivity index (χ0) is 18.5. The van der Waals surface area contributed by atoms with Gasteiger partial charge in [-0.2, -0.15) is 0 Å². The quantitative estimate of drug-likeness (QED) is 0.821. The van der Waals surface area contributed by atoms with Crippen molar-refractivity contribution in [3.05, 3.63) is 60.2 Å². The minimum atomic E-state index is -0.266. The summed E-state index contributed by atoms with van der Waals surface area (Å²) in [5, 5.41) is 0. The molecule has 0 radical (unpaired) electrons. The Morgan fingerprint density at radius 3 is 2.04 bits per heavy atom. The highest BCUT2D eigenvalue weighted by Crippen LogP contribution is 2.18. The maximum absolute atomic E-state index is 13.0. The van der Waals surface area contributed by atoms with Gasteiger partial charge < -0.3 is 14.7 Å². The first-order valence-electron chi connectivity index (χ1n) is 8.78. The Bertz CT molecular complexity index is 726. The van der Waals surface area contributed by atoms with E-state index in [-0.39, 0.29) is 17.5 Å². The lowest BCUT2D eigenvalue weighted by molar-refractivity contribution is -0.131. The summed E-state index contributed by atoms with van der Waals surface area (Å²) in [7, 11) is 1.90. The molecule has 1 aliphatic rings. The third-order valence-electron chi connectivity index (χ3n) is 4.75. The van der Waals surface area contributed by atoms with Crippen molar-refractivity contribution < 1.29 is 13.6 Å². The number of anilines is 2. The summed E-state index contributed by atoms with van der Waals surface area (Å²) in [6, 6.07) is 12.7. The summed E-state index contributed by atoms with van der Waals surface area (Å²) in [6.45, 7) is 3.39. The number of amides is 1. The van der Waals surface area contributed by atoms with E-state index in [9.17, 15) is 13.6 Å². The van der Waals surface area contributed by atoms with Gasteiger partial charge in [0.25, 0.3) is 0 Å². The summed E-state index contributed by atoms with van der Waals surface area (Å²) in [5.41, 5.74) is 1.87. The van der Waals surface area contributed by atoms with Gasteiger partial charge in [0.1, 0.15) is 11.6 Å². The summed E-state index contributed by atoms with van der Waals surface area (Å²) in [6.07, 6.45) is 0.421. The van der Waals surface area contributed by atoms with Crippen LogP contribution in [-0.4, -0.2) is 50.6 Å². The van der Waals surface area contributed by atoms with Gasteiger partial charge in [-0.25, -0.2) is 8.78 Å². The van der Waals surface area contributed by atoms with Crippen LogP contribution in [-0.2, 0) is 4.79 Å². The Balaban J connectivity index is 1.46. The molecule has 0 aromatic heterocycles. The molecule has 0 aliphatic carbocycles. The average Bonchev–Trinajstić information content (AvgIpc) is 2.67. The van der Waals surface area contributed by atoms with Crippen LogP contribution in [0.4, 0.5) is 20.2 Å². The minimum Gasteiger partial charge on any atom is -0.374 e. The molecule has 1 amide bonds. The van der Waals surface area contributed by atoms with E-state index >= 15 is 0 Å². The molecule has 138 valence electrons. The Morgan fingerprint density at radius 1 is 0.923 bits per heavy atom. The van der Waals surface area contributed by atoms with Crippen molar-refractivity contribution in [3.8, 4) is 0 Å². The van der Waals surface area contributed by atoms with Crippen LogP contribution in [0.5, 0.6) is 0 Å². The standard InChI is InChI=1S/C20H23F2N3O/c1-23(18-6-2-16(21)3-7-18)11-10-20(26)25-14-12-24(13-15-25)19-8-4-17(22)5-9-19/h2-9H,10-15H2,1H3. The van der Waals surface area contributed by atoms with Crippen LogP contribution in [0.2, 0.25) is 0 Å². The third kappa shape index (κ3) is 4.50. The van der Waals surface area contributed by atoms with Crippen molar-refractivity contribution in [2.24, 2.45) is 0 Å². The zero-order valence-corrected chi connectivity index (χ0v) is 14.9. The molecule has 1 aliphatic heterocycles. The molecule has 0 unspecified atom stereocenters. The van der Waals surface area contributed by atoms with Crippen LogP contribution >= 0.6 is 0 Å². The van der Waals surface area contributed by atoms with Gasteiger partial charge in [0.15, 0.2) is 0 Å². The van der Waals surface area contributed by atoms with Crippen LogP contribution in [0.25, 0.3) is 0 Å². The molecule has 6 heteroatoms. The normalized spacial score (nSPS) is 14.4. The maximum atomic E-state index is 13.0. The predicted octanol–water partition coefficient (Wildman–Crippen LogP) is 3.14. The number of carbonyl (C=O) groups excluding carboxylic acids is 1. The molecule has 1 fully saturated rings. The second kappa shape index (κ2) is 8.17. The fourth-order valence-corrected chi connectivity index (χ4v) is 3.11. The van der Waals surface area contributed by atoms with Crippen molar-refractivity contribution in [3.63, 3.8) is 0 Å². The molecule has 4 nitrogen and oxygen atoms in total. The van der Waals surface area contributed by atoms with E-state index < -0.39 is 0 Å². The largest absolute Gasteiger partial charge is 0.374 e. The van der Waals surface area contributed by atoms with E-state index in [1.165, 1.54) is 24.3 Å². The molecule has 0 N–H and O–H groups in total. The van der Waals surface area contributed by atoms with E-state index in [2.05, 4.69) is 4.90 Å². The fourth-order valence-electron chi connectivity index (χ4n) is 3.11. The highest BCUT2D eigenvalue weighted by atomic mass is 19.1. The molecule has 3 rings (SSSR count). The first kappa shape index (κ1) is 18.2. The van der Waals surface area contributed by atoms with E-state index in [4.69, 9.17) is 0 Å². The van der Waals surface area contributed by atoms with E-state index in [1.807, 2.05) is 16.8 Å². The van der Waals surface area contributed by atoms with Crippen molar-refractivity contribution >= 4 is 17.3 Å². The average molecular weight is 359 g/mol. The summed E-state index contributed by atoms with van der Waals surface area (Å²) in [5.74, 6) is -0.386. The van der Waals surface area contributed by atoms with Crippen molar-refractivity contribution in [2.75, 3.05) is 49.6 Å². The van der Waals surface area contributed by atoms with Crippen molar-refractivity contribution in [1.82, 2.24) is 4.90 Å². The van der Waals surface area contributed by atoms with E-state index in [1.54, 1.807) is 24.3 Å². The van der Waals surface area contributed by atoms with Crippen molar-refractivity contribution in [2.45, 2.75) is 6.42 Å². The highest BCUT2D eigenvalue weighted by molar-refractivity contribution is 5.77. The van der Waals surface area contributed by atoms with Crippen LogP contribution in [0.1, 0.15) is 6.42 Å². The Kier molecular flexibility index (Phi) is 5.71. The van der Waals surface area contributed by atoms with Crippen molar-refractivity contribution in [1.29, 1.82) is 0 Å². The molecule has 0 spiro atoms. The second-order valence-electron chi connectivity index (χ2n) is 6.49. The van der Waals surface area contributed by atoms with Crippen LogP contribution in [0.3, 0.4) is 0 Å². The minimum absolute atomic E-state index is 0.123. The van der Waals surface area contributed by atoms with Gasteiger partial charge in [0.05, 0.1) is 0 Å².